The first-order valence-electron chi connectivity index (χ1n) is 12.8. The monoisotopic (exact) mass is 545 g/mol. The average molecular weight is 546 g/mol. The van der Waals surface area contributed by atoms with Crippen molar-refractivity contribution in [3.63, 3.8) is 0 Å². The topological polar surface area (TPSA) is 109 Å². The smallest absolute Gasteiger partial charge is 0.336 e. The van der Waals surface area contributed by atoms with E-state index in [1.54, 1.807) is 51.4 Å². The zero-order chi connectivity index (χ0) is 29.1. The Morgan fingerprint density at radius 3 is 2.55 bits per heavy atom. The number of amidine groups is 1. The number of aromatic nitrogens is 2. The predicted molar refractivity (Wildman–Crippen MR) is 154 cm³/mol. The number of carbonyl (C=O) groups is 1. The fourth-order valence-corrected chi connectivity index (χ4v) is 4.30. The number of aryl methyl sites for hydroxylation is 1. The van der Waals surface area contributed by atoms with Gasteiger partial charge in [-0.25, -0.2) is 14.2 Å². The van der Waals surface area contributed by atoms with Gasteiger partial charge in [0.25, 0.3) is 11.5 Å². The Bertz CT molecular complexity index is 1660. The molecule has 0 unspecified atom stereocenters. The fourth-order valence-electron chi connectivity index (χ4n) is 4.30. The maximum absolute atomic E-state index is 14.9. The minimum Gasteiger partial charge on any atom is -0.515 e. The molecule has 3 aromatic rings. The van der Waals surface area contributed by atoms with Crippen molar-refractivity contribution >= 4 is 23.0 Å². The van der Waals surface area contributed by atoms with Crippen LogP contribution >= 0.6 is 0 Å². The van der Waals surface area contributed by atoms with E-state index in [2.05, 4.69) is 16.9 Å². The lowest BCUT2D eigenvalue weighted by atomic mass is 10.1. The van der Waals surface area contributed by atoms with Gasteiger partial charge in [0.2, 0.25) is 0 Å². The summed E-state index contributed by atoms with van der Waals surface area (Å²) < 4.78 is 17.1. The Kier molecular flexibility index (Phi) is 8.18. The SMILES string of the molecule is C=CCn1c(=O)c(C(=Nc2ccc(C)cc2F)N(C)C)c(C(C)=CO)n(-c2cccc(C(=O)NC3CC3)c2)c1=O. The van der Waals surface area contributed by atoms with Crippen molar-refractivity contribution in [1.29, 1.82) is 0 Å². The summed E-state index contributed by atoms with van der Waals surface area (Å²) in [5.74, 6) is -0.791. The summed E-state index contributed by atoms with van der Waals surface area (Å²) in [7, 11) is 3.28. The molecule has 0 bridgehead atoms. The van der Waals surface area contributed by atoms with Crippen LogP contribution in [-0.4, -0.2) is 51.0 Å². The highest BCUT2D eigenvalue weighted by Gasteiger charge is 2.27. The number of carbonyl (C=O) groups excluding carboxylic acids is 1. The molecule has 1 aromatic heterocycles. The van der Waals surface area contributed by atoms with Crippen LogP contribution in [-0.2, 0) is 6.54 Å². The molecule has 0 spiro atoms. The van der Waals surface area contributed by atoms with Gasteiger partial charge in [0.05, 0.1) is 17.6 Å². The zero-order valence-corrected chi connectivity index (χ0v) is 22.9. The van der Waals surface area contributed by atoms with Crippen molar-refractivity contribution in [1.82, 2.24) is 19.4 Å². The van der Waals surface area contributed by atoms with Crippen molar-refractivity contribution in [2.75, 3.05) is 14.1 Å². The van der Waals surface area contributed by atoms with Gasteiger partial charge in [-0.3, -0.25) is 18.7 Å². The highest BCUT2D eigenvalue weighted by atomic mass is 19.1. The molecule has 0 saturated heterocycles. The van der Waals surface area contributed by atoms with E-state index >= 15 is 0 Å². The van der Waals surface area contributed by atoms with Crippen LogP contribution in [0.3, 0.4) is 0 Å². The molecule has 1 amide bonds. The van der Waals surface area contributed by atoms with Gasteiger partial charge in [-0.15, -0.1) is 6.58 Å². The van der Waals surface area contributed by atoms with Gasteiger partial charge < -0.3 is 15.3 Å². The number of allylic oxidation sites excluding steroid dienone is 2. The molecular formula is C30H32FN5O4. The number of nitrogens with one attached hydrogen (secondary N) is 1. The van der Waals surface area contributed by atoms with E-state index in [0.29, 0.717) is 16.8 Å². The first kappa shape index (κ1) is 28.3. The summed E-state index contributed by atoms with van der Waals surface area (Å²) in [5, 5.41) is 13.0. The van der Waals surface area contributed by atoms with Crippen LogP contribution < -0.4 is 16.6 Å². The summed E-state index contributed by atoms with van der Waals surface area (Å²) in [6.07, 6.45) is 4.03. The molecule has 4 rings (SSSR count). The summed E-state index contributed by atoms with van der Waals surface area (Å²) in [6, 6.07) is 11.1. The van der Waals surface area contributed by atoms with Crippen molar-refractivity contribution in [2.45, 2.75) is 39.3 Å². The summed E-state index contributed by atoms with van der Waals surface area (Å²) >= 11 is 0. The Morgan fingerprint density at radius 2 is 1.95 bits per heavy atom. The zero-order valence-electron chi connectivity index (χ0n) is 22.9. The third kappa shape index (κ3) is 5.66. The largest absolute Gasteiger partial charge is 0.515 e. The molecule has 9 nitrogen and oxygen atoms in total. The first-order valence-corrected chi connectivity index (χ1v) is 12.8. The fraction of sp³-hybridized carbons (Fsp3) is 0.267. The molecule has 40 heavy (non-hydrogen) atoms. The lowest BCUT2D eigenvalue weighted by molar-refractivity contribution is 0.0951. The summed E-state index contributed by atoms with van der Waals surface area (Å²) in [4.78, 5) is 46.6. The second-order valence-electron chi connectivity index (χ2n) is 9.94. The van der Waals surface area contributed by atoms with Gasteiger partial charge in [0, 0.05) is 37.8 Å². The Labute approximate surface area is 231 Å². The highest BCUT2D eigenvalue weighted by molar-refractivity contribution is 6.03. The normalized spacial score (nSPS) is 13.7. The number of nitrogens with zero attached hydrogens (tertiary/aromatic N) is 4. The molecule has 0 atom stereocenters. The van der Waals surface area contributed by atoms with Gasteiger partial charge in [-0.1, -0.05) is 18.2 Å². The molecule has 2 N–H and O–H groups in total. The third-order valence-electron chi connectivity index (χ3n) is 6.48. The summed E-state index contributed by atoms with van der Waals surface area (Å²) in [5.41, 5.74) is 0.125. The van der Waals surface area contributed by atoms with E-state index in [0.717, 1.165) is 23.7 Å². The molecule has 208 valence electrons. The Balaban J connectivity index is 2.09. The summed E-state index contributed by atoms with van der Waals surface area (Å²) in [6.45, 7) is 6.85. The number of aliphatic hydroxyl groups is 1. The highest BCUT2D eigenvalue weighted by Crippen LogP contribution is 2.25. The van der Waals surface area contributed by atoms with Gasteiger partial charge in [-0.05, 0) is 62.6 Å². The van der Waals surface area contributed by atoms with Crippen molar-refractivity contribution in [3.05, 3.63) is 110 Å². The number of aliphatic hydroxyl groups excluding tert-OH is 1. The number of rotatable bonds is 8. The van der Waals surface area contributed by atoms with Crippen LogP contribution in [0.2, 0.25) is 0 Å². The van der Waals surface area contributed by atoms with Crippen LogP contribution in [0.5, 0.6) is 0 Å². The minimum atomic E-state index is -0.704. The number of aliphatic imine (C=N–C) groups is 1. The van der Waals surface area contributed by atoms with E-state index in [1.807, 2.05) is 0 Å². The second-order valence-corrected chi connectivity index (χ2v) is 9.94. The van der Waals surface area contributed by atoms with Gasteiger partial charge in [0.1, 0.15) is 22.9 Å². The van der Waals surface area contributed by atoms with Gasteiger partial charge in [0.15, 0.2) is 0 Å². The molecular weight excluding hydrogens is 513 g/mol. The lowest BCUT2D eigenvalue weighted by Gasteiger charge is -2.23. The molecule has 2 aromatic carbocycles. The molecule has 1 fully saturated rings. The number of halogens is 1. The molecule has 1 saturated carbocycles. The number of benzene rings is 2. The van der Waals surface area contributed by atoms with E-state index in [-0.39, 0.29) is 46.8 Å². The Hall–Kier alpha value is -4.73. The average Bonchev–Trinajstić information content (AvgIpc) is 3.74. The van der Waals surface area contributed by atoms with Crippen molar-refractivity contribution in [3.8, 4) is 5.69 Å². The lowest BCUT2D eigenvalue weighted by Crippen LogP contribution is -2.45. The molecule has 10 heteroatoms. The maximum atomic E-state index is 14.9. The minimum absolute atomic E-state index is 0.00273. The number of amides is 1. The van der Waals surface area contributed by atoms with Crippen LogP contribution in [0.25, 0.3) is 11.3 Å². The van der Waals surface area contributed by atoms with Crippen molar-refractivity contribution < 1.29 is 14.3 Å². The van der Waals surface area contributed by atoms with E-state index in [4.69, 9.17) is 0 Å². The first-order chi connectivity index (χ1) is 19.1. The number of hydrogen-bond acceptors (Lipinski definition) is 5. The predicted octanol–water partition coefficient (Wildman–Crippen LogP) is 4.08. The van der Waals surface area contributed by atoms with E-state index in [1.165, 1.54) is 34.6 Å². The van der Waals surface area contributed by atoms with Crippen molar-refractivity contribution in [2.24, 2.45) is 4.99 Å². The van der Waals surface area contributed by atoms with Crippen LogP contribution in [0.4, 0.5) is 10.1 Å². The van der Waals surface area contributed by atoms with Gasteiger partial charge >= 0.3 is 5.69 Å². The second kappa shape index (κ2) is 11.6. The van der Waals surface area contributed by atoms with Crippen LogP contribution in [0.15, 0.2) is 76.0 Å². The maximum Gasteiger partial charge on any atom is 0.336 e. The van der Waals surface area contributed by atoms with Crippen LogP contribution in [0, 0.1) is 12.7 Å². The standard InChI is InChI=1S/C30H32FN5O4/c1-6-14-35-29(39)25(27(34(4)5)33-24-13-10-18(2)15-23(24)31)26(19(3)17-37)36(30(35)40)22-9-7-8-20(16-22)28(38)32-21-11-12-21/h6-10,13,15-17,21,37H,1,11-12,14H2,2-5H3,(H,32,38). The van der Waals surface area contributed by atoms with Crippen LogP contribution in [0.1, 0.15) is 46.9 Å². The molecule has 1 aliphatic rings. The van der Waals surface area contributed by atoms with E-state index < -0.39 is 17.1 Å². The molecule has 0 radical (unpaired) electrons. The molecule has 0 aliphatic heterocycles. The number of hydrogen-bond donors (Lipinski definition) is 2. The van der Waals surface area contributed by atoms with E-state index in [9.17, 15) is 23.9 Å². The van der Waals surface area contributed by atoms with Gasteiger partial charge in [-0.2, -0.15) is 0 Å². The quantitative estimate of drug-likeness (QED) is 0.192. The Morgan fingerprint density at radius 1 is 1.23 bits per heavy atom. The molecule has 1 aliphatic carbocycles. The third-order valence-corrected chi connectivity index (χ3v) is 6.48. The molecule has 1 heterocycles.